The summed E-state index contributed by atoms with van der Waals surface area (Å²) in [4.78, 5) is 21.2. The van der Waals surface area contributed by atoms with Crippen LogP contribution in [0.25, 0.3) is 22.4 Å². The van der Waals surface area contributed by atoms with Gasteiger partial charge in [-0.15, -0.1) is 11.8 Å². The maximum atomic E-state index is 12.4. The molecular formula is C28H24N4O2S. The van der Waals surface area contributed by atoms with Crippen molar-refractivity contribution < 1.29 is 9.53 Å². The average molecular weight is 481 g/mol. The van der Waals surface area contributed by atoms with Crippen LogP contribution in [0.4, 0.5) is 5.69 Å². The van der Waals surface area contributed by atoms with E-state index in [1.54, 1.807) is 31.6 Å². The van der Waals surface area contributed by atoms with Crippen molar-refractivity contribution in [2.75, 3.05) is 18.2 Å². The zero-order valence-electron chi connectivity index (χ0n) is 19.5. The number of anilines is 1. The quantitative estimate of drug-likeness (QED) is 0.306. The number of pyridine rings is 2. The summed E-state index contributed by atoms with van der Waals surface area (Å²) in [6, 6.07) is 23.5. The van der Waals surface area contributed by atoms with E-state index in [4.69, 9.17) is 9.72 Å². The molecule has 2 aromatic heterocycles. The number of aromatic nitrogens is 2. The van der Waals surface area contributed by atoms with Crippen LogP contribution in [-0.2, 0) is 4.79 Å². The van der Waals surface area contributed by atoms with Crippen LogP contribution < -0.4 is 10.1 Å². The first-order chi connectivity index (χ1) is 17.1. The first-order valence-corrected chi connectivity index (χ1v) is 12.0. The van der Waals surface area contributed by atoms with E-state index in [0.717, 1.165) is 33.7 Å². The van der Waals surface area contributed by atoms with Gasteiger partial charge in [0.2, 0.25) is 5.91 Å². The number of aryl methyl sites for hydroxylation is 1. The Hall–Kier alpha value is -4.15. The monoisotopic (exact) mass is 480 g/mol. The third kappa shape index (κ3) is 6.05. The van der Waals surface area contributed by atoms with Crippen molar-refractivity contribution in [2.45, 2.75) is 18.4 Å². The number of hydrogen-bond donors (Lipinski definition) is 1. The molecule has 0 saturated heterocycles. The molecule has 0 aliphatic heterocycles. The molecule has 0 saturated carbocycles. The van der Waals surface area contributed by atoms with Gasteiger partial charge < -0.3 is 10.1 Å². The third-order valence-electron chi connectivity index (χ3n) is 5.38. The maximum absolute atomic E-state index is 12.4. The summed E-state index contributed by atoms with van der Waals surface area (Å²) in [5, 5.41) is 13.5. The fourth-order valence-electron chi connectivity index (χ4n) is 3.50. The molecule has 0 radical (unpaired) electrons. The molecule has 4 rings (SSSR count). The zero-order valence-corrected chi connectivity index (χ0v) is 20.3. The normalized spacial score (nSPS) is 10.4. The minimum Gasteiger partial charge on any atom is -0.497 e. The Labute approximate surface area is 209 Å². The fraction of sp³-hybridized carbons (Fsp3) is 0.143. The molecule has 2 aromatic carbocycles. The van der Waals surface area contributed by atoms with Crippen molar-refractivity contribution in [3.05, 3.63) is 90.3 Å². The fourth-order valence-corrected chi connectivity index (χ4v) is 4.45. The van der Waals surface area contributed by atoms with Crippen LogP contribution >= 0.6 is 11.8 Å². The van der Waals surface area contributed by atoms with E-state index in [9.17, 15) is 10.1 Å². The molecule has 0 aliphatic carbocycles. The van der Waals surface area contributed by atoms with E-state index in [1.165, 1.54) is 11.8 Å². The van der Waals surface area contributed by atoms with Crippen LogP contribution in [0.1, 0.15) is 17.5 Å². The highest BCUT2D eigenvalue weighted by atomic mass is 32.2. The largest absolute Gasteiger partial charge is 0.497 e. The molecule has 0 aliphatic rings. The molecule has 0 bridgehead atoms. The molecule has 174 valence electrons. The van der Waals surface area contributed by atoms with Crippen molar-refractivity contribution in [1.82, 2.24) is 9.97 Å². The van der Waals surface area contributed by atoms with Crippen LogP contribution in [0.2, 0.25) is 0 Å². The first-order valence-electron chi connectivity index (χ1n) is 11.1. The van der Waals surface area contributed by atoms with Gasteiger partial charge in [-0.2, -0.15) is 5.26 Å². The lowest BCUT2D eigenvalue weighted by Crippen LogP contribution is -2.12. The minimum absolute atomic E-state index is 0.104. The Morgan fingerprint density at radius 1 is 1.03 bits per heavy atom. The lowest BCUT2D eigenvalue weighted by atomic mass is 9.98. The standard InChI is InChI=1S/C28H24N4O2S/c1-19-3-5-20(6-4-19)24-17-26(21-7-9-23(34-2)10-8-21)32-28(25(24)18-29)35-16-13-27(33)31-22-11-14-30-15-12-22/h3-12,14-15,17H,13,16H2,1-2H3,(H,30,31,33). The van der Waals surface area contributed by atoms with E-state index in [0.29, 0.717) is 22.0 Å². The van der Waals surface area contributed by atoms with Crippen molar-refractivity contribution in [2.24, 2.45) is 0 Å². The molecule has 0 atom stereocenters. The van der Waals surface area contributed by atoms with Gasteiger partial charge in [0.15, 0.2) is 0 Å². The summed E-state index contributed by atoms with van der Waals surface area (Å²) in [6.07, 6.45) is 3.54. The number of benzene rings is 2. The summed E-state index contributed by atoms with van der Waals surface area (Å²) in [6.45, 7) is 2.03. The number of nitrogens with zero attached hydrogens (tertiary/aromatic N) is 3. The molecule has 35 heavy (non-hydrogen) atoms. The smallest absolute Gasteiger partial charge is 0.225 e. The Morgan fingerprint density at radius 3 is 2.37 bits per heavy atom. The number of methoxy groups -OCH3 is 1. The topological polar surface area (TPSA) is 87.9 Å². The number of amides is 1. The van der Waals surface area contributed by atoms with Crippen molar-refractivity contribution in [1.29, 1.82) is 5.26 Å². The van der Waals surface area contributed by atoms with Crippen LogP contribution in [0.3, 0.4) is 0 Å². The Bertz CT molecular complexity index is 1350. The van der Waals surface area contributed by atoms with Gasteiger partial charge in [-0.25, -0.2) is 4.98 Å². The van der Waals surface area contributed by atoms with Crippen molar-refractivity contribution >= 4 is 23.4 Å². The SMILES string of the molecule is COc1ccc(-c2cc(-c3ccc(C)cc3)c(C#N)c(SCCC(=O)Nc3ccncc3)n2)cc1. The Kier molecular flexibility index (Phi) is 7.76. The van der Waals surface area contributed by atoms with Gasteiger partial charge >= 0.3 is 0 Å². The molecule has 1 N–H and O–H groups in total. The number of thioether (sulfide) groups is 1. The summed E-state index contributed by atoms with van der Waals surface area (Å²) in [5.74, 6) is 1.14. The average Bonchev–Trinajstić information content (AvgIpc) is 2.89. The number of ether oxygens (including phenoxy) is 1. The Morgan fingerprint density at radius 2 is 1.71 bits per heavy atom. The molecule has 0 spiro atoms. The van der Waals surface area contributed by atoms with Gasteiger partial charge in [0.1, 0.15) is 16.8 Å². The third-order valence-corrected chi connectivity index (χ3v) is 6.36. The van der Waals surface area contributed by atoms with Crippen molar-refractivity contribution in [3.8, 4) is 34.2 Å². The van der Waals surface area contributed by atoms with E-state index in [2.05, 4.69) is 16.4 Å². The maximum Gasteiger partial charge on any atom is 0.225 e. The van der Waals surface area contributed by atoms with Crippen LogP contribution in [0.5, 0.6) is 5.75 Å². The van der Waals surface area contributed by atoms with Crippen LogP contribution in [0.15, 0.2) is 84.1 Å². The van der Waals surface area contributed by atoms with Crippen LogP contribution in [0, 0.1) is 18.3 Å². The highest BCUT2D eigenvalue weighted by Gasteiger charge is 2.16. The lowest BCUT2D eigenvalue weighted by molar-refractivity contribution is -0.115. The molecular weight excluding hydrogens is 456 g/mol. The minimum atomic E-state index is -0.104. The number of carbonyl (C=O) groups excluding carboxylic acids is 1. The highest BCUT2D eigenvalue weighted by molar-refractivity contribution is 7.99. The summed E-state index contributed by atoms with van der Waals surface area (Å²) in [7, 11) is 1.63. The summed E-state index contributed by atoms with van der Waals surface area (Å²) < 4.78 is 5.28. The predicted octanol–water partition coefficient (Wildman–Crippen LogP) is 6.12. The number of rotatable bonds is 8. The van der Waals surface area contributed by atoms with Gasteiger partial charge in [-0.05, 0) is 55.0 Å². The highest BCUT2D eigenvalue weighted by Crippen LogP contribution is 2.35. The molecule has 0 fully saturated rings. The predicted molar refractivity (Wildman–Crippen MR) is 139 cm³/mol. The number of nitriles is 1. The van der Waals surface area contributed by atoms with Gasteiger partial charge in [-0.3, -0.25) is 9.78 Å². The zero-order chi connectivity index (χ0) is 24.6. The van der Waals surface area contributed by atoms with E-state index in [1.807, 2.05) is 61.5 Å². The molecule has 2 heterocycles. The Balaban J connectivity index is 1.63. The lowest BCUT2D eigenvalue weighted by Gasteiger charge is -2.13. The molecule has 1 amide bonds. The molecule has 7 heteroatoms. The van der Waals surface area contributed by atoms with E-state index in [-0.39, 0.29) is 12.3 Å². The van der Waals surface area contributed by atoms with Gasteiger partial charge in [-0.1, -0.05) is 29.8 Å². The molecule has 0 unspecified atom stereocenters. The summed E-state index contributed by atoms with van der Waals surface area (Å²) in [5.41, 5.74) is 5.79. The van der Waals surface area contributed by atoms with E-state index >= 15 is 0 Å². The second kappa shape index (κ2) is 11.3. The second-order valence-electron chi connectivity index (χ2n) is 7.82. The number of carbonyl (C=O) groups is 1. The van der Waals surface area contributed by atoms with Gasteiger partial charge in [0.05, 0.1) is 18.4 Å². The first kappa shape index (κ1) is 24.0. The summed E-state index contributed by atoms with van der Waals surface area (Å²) >= 11 is 1.41. The van der Waals surface area contributed by atoms with Crippen LogP contribution in [-0.4, -0.2) is 28.7 Å². The van der Waals surface area contributed by atoms with Gasteiger partial charge in [0, 0.05) is 41.4 Å². The van der Waals surface area contributed by atoms with Crippen molar-refractivity contribution in [3.63, 3.8) is 0 Å². The van der Waals surface area contributed by atoms with E-state index < -0.39 is 0 Å². The van der Waals surface area contributed by atoms with Gasteiger partial charge in [0.25, 0.3) is 0 Å². The second-order valence-corrected chi connectivity index (χ2v) is 8.91. The number of nitrogens with one attached hydrogen (secondary N) is 1. The number of hydrogen-bond acceptors (Lipinski definition) is 6. The molecule has 4 aromatic rings. The molecule has 6 nitrogen and oxygen atoms in total.